The van der Waals surface area contributed by atoms with Crippen molar-refractivity contribution in [3.63, 3.8) is 0 Å². The number of esters is 1. The predicted molar refractivity (Wildman–Crippen MR) is 129 cm³/mol. The molecule has 0 saturated heterocycles. The van der Waals surface area contributed by atoms with Crippen LogP contribution in [0, 0.1) is 0 Å². The van der Waals surface area contributed by atoms with Crippen LogP contribution in [0.3, 0.4) is 0 Å². The van der Waals surface area contributed by atoms with E-state index < -0.39 is 29.6 Å². The number of nitrogens with one attached hydrogen (secondary N) is 1. The summed E-state index contributed by atoms with van der Waals surface area (Å²) in [6, 6.07) is 9.06. The van der Waals surface area contributed by atoms with Crippen molar-refractivity contribution in [1.82, 2.24) is 5.32 Å². The standard InChI is InChI=1S/C23H23Cl4NO4/c1-12(28-22(30)32-23(3,4)5)21(29)31-13(2)20(14-6-8-16(24)18(26)10-14)15-7-9-17(25)19(27)11-15/h6-12,20H,2H2,1,3-5H3,(H,28,30)/t12-/m0/s1. The minimum Gasteiger partial charge on any atom is -0.444 e. The second-order valence-electron chi connectivity index (χ2n) is 8.04. The summed E-state index contributed by atoms with van der Waals surface area (Å²) >= 11 is 24.5. The Balaban J connectivity index is 2.28. The van der Waals surface area contributed by atoms with E-state index in [0.29, 0.717) is 31.2 Å². The number of carbonyl (C=O) groups is 2. The SMILES string of the molecule is C=C(OC(=O)[C@H](C)NC(=O)OC(C)(C)C)C(c1ccc(Cl)c(Cl)c1)c1ccc(Cl)c(Cl)c1. The number of hydrogen-bond acceptors (Lipinski definition) is 4. The molecule has 2 aromatic carbocycles. The Morgan fingerprint density at radius 3 is 1.78 bits per heavy atom. The molecule has 5 nitrogen and oxygen atoms in total. The Bertz CT molecular complexity index is 982. The number of carbonyl (C=O) groups excluding carboxylic acids is 2. The van der Waals surface area contributed by atoms with Crippen molar-refractivity contribution in [2.45, 2.75) is 45.3 Å². The van der Waals surface area contributed by atoms with Gasteiger partial charge >= 0.3 is 12.1 Å². The molecule has 0 heterocycles. The first kappa shape index (κ1) is 26.3. The van der Waals surface area contributed by atoms with E-state index in [-0.39, 0.29) is 5.76 Å². The van der Waals surface area contributed by atoms with E-state index in [4.69, 9.17) is 55.9 Å². The van der Waals surface area contributed by atoms with Crippen LogP contribution < -0.4 is 5.32 Å². The Morgan fingerprint density at radius 2 is 1.38 bits per heavy atom. The molecular formula is C23H23Cl4NO4. The quantitative estimate of drug-likeness (QED) is 0.319. The minimum atomic E-state index is -0.982. The fourth-order valence-corrected chi connectivity index (χ4v) is 3.38. The van der Waals surface area contributed by atoms with Gasteiger partial charge in [0, 0.05) is 0 Å². The van der Waals surface area contributed by atoms with Crippen LogP contribution >= 0.6 is 46.4 Å². The zero-order valence-corrected chi connectivity index (χ0v) is 21.0. The number of ether oxygens (including phenoxy) is 2. The van der Waals surface area contributed by atoms with Crippen LogP contribution in [0.25, 0.3) is 0 Å². The van der Waals surface area contributed by atoms with Crippen molar-refractivity contribution in [3.05, 3.63) is 80.0 Å². The maximum absolute atomic E-state index is 12.6. The number of alkyl carbamates (subject to hydrolysis) is 1. The monoisotopic (exact) mass is 517 g/mol. The molecule has 172 valence electrons. The average molecular weight is 519 g/mol. The van der Waals surface area contributed by atoms with Crippen LogP contribution in [-0.4, -0.2) is 23.7 Å². The Labute approximate surface area is 207 Å². The number of amides is 1. The van der Waals surface area contributed by atoms with Gasteiger partial charge in [-0.2, -0.15) is 0 Å². The van der Waals surface area contributed by atoms with Crippen LogP contribution in [0.1, 0.15) is 44.7 Å². The molecular weight excluding hydrogens is 496 g/mol. The second-order valence-corrected chi connectivity index (χ2v) is 9.66. The highest BCUT2D eigenvalue weighted by Gasteiger charge is 2.27. The number of benzene rings is 2. The van der Waals surface area contributed by atoms with Crippen LogP contribution in [0.15, 0.2) is 48.7 Å². The van der Waals surface area contributed by atoms with Crippen molar-refractivity contribution in [2.24, 2.45) is 0 Å². The van der Waals surface area contributed by atoms with E-state index in [0.717, 1.165) is 0 Å². The van der Waals surface area contributed by atoms with Crippen LogP contribution in [0.4, 0.5) is 4.79 Å². The predicted octanol–water partition coefficient (Wildman–Crippen LogP) is 7.40. The van der Waals surface area contributed by atoms with Crippen LogP contribution in [-0.2, 0) is 14.3 Å². The van der Waals surface area contributed by atoms with Gasteiger partial charge in [-0.05, 0) is 63.1 Å². The molecule has 0 fully saturated rings. The molecule has 0 spiro atoms. The number of hydrogen-bond donors (Lipinski definition) is 1. The maximum atomic E-state index is 12.6. The summed E-state index contributed by atoms with van der Waals surface area (Å²) in [5.74, 6) is -1.23. The number of halogens is 4. The van der Waals surface area contributed by atoms with E-state index in [1.807, 2.05) is 0 Å². The fraction of sp³-hybridized carbons (Fsp3) is 0.304. The topological polar surface area (TPSA) is 64.6 Å². The van der Waals surface area contributed by atoms with Crippen LogP contribution in [0.2, 0.25) is 20.1 Å². The van der Waals surface area contributed by atoms with Crippen molar-refractivity contribution in [3.8, 4) is 0 Å². The molecule has 2 aromatic rings. The first-order chi connectivity index (χ1) is 14.8. The van der Waals surface area contributed by atoms with Gasteiger partial charge in [0.05, 0.1) is 26.0 Å². The van der Waals surface area contributed by atoms with Crippen molar-refractivity contribution >= 4 is 58.5 Å². The summed E-state index contributed by atoms with van der Waals surface area (Å²) in [6.45, 7) is 10.6. The van der Waals surface area contributed by atoms with Crippen molar-refractivity contribution in [1.29, 1.82) is 0 Å². The summed E-state index contributed by atoms with van der Waals surface area (Å²) < 4.78 is 10.7. The highest BCUT2D eigenvalue weighted by atomic mass is 35.5. The Hall–Kier alpha value is -1.92. The summed E-state index contributed by atoms with van der Waals surface area (Å²) in [4.78, 5) is 24.6. The molecule has 0 radical (unpaired) electrons. The molecule has 32 heavy (non-hydrogen) atoms. The molecule has 0 aliphatic rings. The third-order valence-corrected chi connectivity index (χ3v) is 5.67. The van der Waals surface area contributed by atoms with Crippen molar-refractivity contribution in [2.75, 3.05) is 0 Å². The molecule has 2 rings (SSSR count). The fourth-order valence-electron chi connectivity index (χ4n) is 2.77. The lowest BCUT2D eigenvalue weighted by Crippen LogP contribution is -2.42. The summed E-state index contributed by atoms with van der Waals surface area (Å²) in [5, 5.41) is 3.85. The second kappa shape index (κ2) is 10.8. The molecule has 0 aromatic heterocycles. The third-order valence-electron chi connectivity index (χ3n) is 4.19. The van der Waals surface area contributed by atoms with Crippen molar-refractivity contribution < 1.29 is 19.1 Å². The van der Waals surface area contributed by atoms with Gasteiger partial charge < -0.3 is 14.8 Å². The van der Waals surface area contributed by atoms with Gasteiger partial charge in [0.25, 0.3) is 0 Å². The Morgan fingerprint density at radius 1 is 0.906 bits per heavy atom. The first-order valence-electron chi connectivity index (χ1n) is 9.58. The van der Waals surface area contributed by atoms with E-state index in [1.165, 1.54) is 6.92 Å². The van der Waals surface area contributed by atoms with Crippen LogP contribution in [0.5, 0.6) is 0 Å². The number of allylic oxidation sites excluding steroid dienone is 1. The zero-order chi connectivity index (χ0) is 24.2. The highest BCUT2D eigenvalue weighted by molar-refractivity contribution is 6.42. The molecule has 0 unspecified atom stereocenters. The van der Waals surface area contributed by atoms with Gasteiger partial charge in [0.15, 0.2) is 0 Å². The lowest BCUT2D eigenvalue weighted by Gasteiger charge is -2.24. The normalized spacial score (nSPS) is 12.3. The van der Waals surface area contributed by atoms with Gasteiger partial charge in [-0.15, -0.1) is 0 Å². The maximum Gasteiger partial charge on any atom is 0.408 e. The van der Waals surface area contributed by atoms with Gasteiger partial charge in [0.2, 0.25) is 0 Å². The molecule has 1 amide bonds. The molecule has 0 bridgehead atoms. The van der Waals surface area contributed by atoms with Gasteiger partial charge in [-0.1, -0.05) is 65.1 Å². The van der Waals surface area contributed by atoms with E-state index in [9.17, 15) is 9.59 Å². The minimum absolute atomic E-state index is 0.101. The molecule has 9 heteroatoms. The summed E-state index contributed by atoms with van der Waals surface area (Å²) in [5.41, 5.74) is 0.635. The highest BCUT2D eigenvalue weighted by Crippen LogP contribution is 2.37. The average Bonchev–Trinajstić information content (AvgIpc) is 2.66. The van der Waals surface area contributed by atoms with Gasteiger partial charge in [0.1, 0.15) is 17.4 Å². The van der Waals surface area contributed by atoms with E-state index >= 15 is 0 Å². The summed E-state index contributed by atoms with van der Waals surface area (Å²) in [7, 11) is 0. The van der Waals surface area contributed by atoms with E-state index in [2.05, 4.69) is 11.9 Å². The molecule has 0 aliphatic heterocycles. The third kappa shape index (κ3) is 7.31. The lowest BCUT2D eigenvalue weighted by molar-refractivity contribution is -0.141. The smallest absolute Gasteiger partial charge is 0.408 e. The summed E-state index contributed by atoms with van der Waals surface area (Å²) in [6.07, 6.45) is -0.738. The molecule has 0 saturated carbocycles. The largest absolute Gasteiger partial charge is 0.444 e. The molecule has 1 atom stereocenters. The number of rotatable bonds is 6. The lowest BCUT2D eigenvalue weighted by atomic mass is 9.90. The van der Waals surface area contributed by atoms with E-state index in [1.54, 1.807) is 57.2 Å². The van der Waals surface area contributed by atoms with Gasteiger partial charge in [-0.3, -0.25) is 0 Å². The first-order valence-corrected chi connectivity index (χ1v) is 11.1. The Kier molecular flexibility index (Phi) is 8.89. The van der Waals surface area contributed by atoms with Gasteiger partial charge in [-0.25, -0.2) is 9.59 Å². The molecule has 0 aliphatic carbocycles. The zero-order valence-electron chi connectivity index (χ0n) is 18.0. The molecule has 1 N–H and O–H groups in total.